The number of fused-ring (bicyclic) bond motifs is 1. The standard InChI is InChI=1S/C19H22N6O5S/c1-4-25(5-2)31(29,30)12-10-15(24(3)11-12)18(27)22-23-19(28)16-13-8-6-7-9-14(13)17(26)21-20-16/h6-11H,4-5H2,1-3H3,(H,21,26)(H,22,27)(H,23,28). The third-order valence-electron chi connectivity index (χ3n) is 4.76. The first-order valence-corrected chi connectivity index (χ1v) is 10.9. The third-order valence-corrected chi connectivity index (χ3v) is 6.77. The summed E-state index contributed by atoms with van der Waals surface area (Å²) in [6.45, 7) is 4.04. The molecule has 0 saturated heterocycles. The predicted molar refractivity (Wildman–Crippen MR) is 113 cm³/mol. The largest absolute Gasteiger partial charge is 0.345 e. The van der Waals surface area contributed by atoms with Crippen molar-refractivity contribution in [1.29, 1.82) is 0 Å². The van der Waals surface area contributed by atoms with E-state index in [1.807, 2.05) is 0 Å². The van der Waals surface area contributed by atoms with Gasteiger partial charge in [-0.1, -0.05) is 32.0 Å². The molecule has 31 heavy (non-hydrogen) atoms. The normalized spacial score (nSPS) is 11.6. The van der Waals surface area contributed by atoms with Gasteiger partial charge in [0.15, 0.2) is 5.69 Å². The van der Waals surface area contributed by atoms with Crippen LogP contribution in [-0.2, 0) is 17.1 Å². The Morgan fingerprint density at radius 3 is 2.35 bits per heavy atom. The summed E-state index contributed by atoms with van der Waals surface area (Å²) in [4.78, 5) is 36.9. The summed E-state index contributed by atoms with van der Waals surface area (Å²) >= 11 is 0. The summed E-state index contributed by atoms with van der Waals surface area (Å²) in [6.07, 6.45) is 1.33. The first-order chi connectivity index (χ1) is 14.7. The van der Waals surface area contributed by atoms with Crippen LogP contribution in [-0.4, -0.2) is 52.4 Å². The van der Waals surface area contributed by atoms with Gasteiger partial charge in [-0.25, -0.2) is 13.5 Å². The molecule has 3 N–H and O–H groups in total. The number of carbonyl (C=O) groups excluding carboxylic acids is 2. The first kappa shape index (κ1) is 22.2. The lowest BCUT2D eigenvalue weighted by Gasteiger charge is -2.17. The van der Waals surface area contributed by atoms with Crippen molar-refractivity contribution < 1.29 is 18.0 Å². The van der Waals surface area contributed by atoms with Gasteiger partial charge in [0.25, 0.3) is 17.4 Å². The van der Waals surface area contributed by atoms with E-state index in [0.717, 1.165) is 0 Å². The van der Waals surface area contributed by atoms with Crippen molar-refractivity contribution >= 4 is 32.6 Å². The smallest absolute Gasteiger partial charge is 0.290 e. The average molecular weight is 446 g/mol. The Labute approximate surface area is 178 Å². The van der Waals surface area contributed by atoms with Crippen molar-refractivity contribution in [3.05, 3.63) is 58.3 Å². The van der Waals surface area contributed by atoms with E-state index >= 15 is 0 Å². The Hall–Kier alpha value is -3.51. The Balaban J connectivity index is 1.79. The fraction of sp³-hybridized carbons (Fsp3) is 0.263. The molecule has 2 heterocycles. The number of hydrazine groups is 1. The zero-order chi connectivity index (χ0) is 22.8. The molecule has 0 aliphatic carbocycles. The van der Waals surface area contributed by atoms with Crippen molar-refractivity contribution in [2.45, 2.75) is 18.7 Å². The number of aromatic amines is 1. The summed E-state index contributed by atoms with van der Waals surface area (Å²) in [6, 6.07) is 7.66. The molecule has 2 amide bonds. The van der Waals surface area contributed by atoms with Crippen LogP contribution in [0.1, 0.15) is 34.8 Å². The van der Waals surface area contributed by atoms with Crippen LogP contribution in [0.4, 0.5) is 0 Å². The van der Waals surface area contributed by atoms with E-state index in [1.165, 1.54) is 28.2 Å². The SMILES string of the molecule is CCN(CC)S(=O)(=O)c1cc(C(=O)NNC(=O)c2n[nH]c(=O)c3ccccc23)n(C)c1. The van der Waals surface area contributed by atoms with Gasteiger partial charge in [-0.05, 0) is 12.1 Å². The molecule has 11 nitrogen and oxygen atoms in total. The molecule has 1 aromatic carbocycles. The molecule has 0 fully saturated rings. The number of H-pyrrole nitrogens is 1. The van der Waals surface area contributed by atoms with Crippen LogP contribution < -0.4 is 16.4 Å². The minimum Gasteiger partial charge on any atom is -0.345 e. The molecule has 2 aromatic heterocycles. The van der Waals surface area contributed by atoms with Crippen LogP contribution in [0, 0.1) is 0 Å². The van der Waals surface area contributed by atoms with Crippen LogP contribution in [0.3, 0.4) is 0 Å². The molecule has 0 unspecified atom stereocenters. The van der Waals surface area contributed by atoms with Gasteiger partial charge in [-0.15, -0.1) is 0 Å². The van der Waals surface area contributed by atoms with E-state index in [2.05, 4.69) is 21.0 Å². The lowest BCUT2D eigenvalue weighted by molar-refractivity contribution is 0.0840. The molecule has 0 saturated carbocycles. The van der Waals surface area contributed by atoms with Crippen LogP contribution in [0.15, 0.2) is 46.2 Å². The predicted octanol–water partition coefficient (Wildman–Crippen LogP) is 0.367. The fourth-order valence-corrected chi connectivity index (χ4v) is 4.67. The summed E-state index contributed by atoms with van der Waals surface area (Å²) in [5, 5.41) is 6.60. The fourth-order valence-electron chi connectivity index (χ4n) is 3.14. The monoisotopic (exact) mass is 446 g/mol. The Morgan fingerprint density at radius 2 is 1.71 bits per heavy atom. The van der Waals surface area contributed by atoms with Gasteiger partial charge in [0.2, 0.25) is 10.0 Å². The number of hydrogen-bond donors (Lipinski definition) is 3. The lowest BCUT2D eigenvalue weighted by atomic mass is 10.1. The second-order valence-electron chi connectivity index (χ2n) is 6.62. The molecule has 0 atom stereocenters. The lowest BCUT2D eigenvalue weighted by Crippen LogP contribution is -2.42. The van der Waals surface area contributed by atoms with E-state index in [9.17, 15) is 22.8 Å². The molecule has 12 heteroatoms. The molecule has 0 radical (unpaired) electrons. The summed E-state index contributed by atoms with van der Waals surface area (Å²) in [7, 11) is -2.21. The average Bonchev–Trinajstić information content (AvgIpc) is 3.15. The highest BCUT2D eigenvalue weighted by Gasteiger charge is 2.25. The minimum atomic E-state index is -3.74. The van der Waals surface area contributed by atoms with Gasteiger partial charge in [-0.2, -0.15) is 9.40 Å². The molecular weight excluding hydrogens is 424 g/mol. The van der Waals surface area contributed by atoms with Gasteiger partial charge < -0.3 is 4.57 Å². The summed E-state index contributed by atoms with van der Waals surface area (Å²) < 4.78 is 27.9. The highest BCUT2D eigenvalue weighted by Crippen LogP contribution is 2.18. The van der Waals surface area contributed by atoms with E-state index in [-0.39, 0.29) is 21.7 Å². The number of benzene rings is 1. The Bertz CT molecular complexity index is 1310. The highest BCUT2D eigenvalue weighted by atomic mass is 32.2. The maximum absolute atomic E-state index is 12.7. The number of amides is 2. The molecule has 164 valence electrons. The van der Waals surface area contributed by atoms with Crippen molar-refractivity contribution in [3.8, 4) is 0 Å². The first-order valence-electron chi connectivity index (χ1n) is 9.45. The van der Waals surface area contributed by atoms with E-state index in [0.29, 0.717) is 18.5 Å². The Kier molecular flexibility index (Phi) is 6.22. The number of aromatic nitrogens is 3. The molecule has 0 bridgehead atoms. The molecule has 3 rings (SSSR count). The van der Waals surface area contributed by atoms with Crippen LogP contribution in [0.2, 0.25) is 0 Å². The highest BCUT2D eigenvalue weighted by molar-refractivity contribution is 7.89. The van der Waals surface area contributed by atoms with Gasteiger partial charge in [0, 0.05) is 31.7 Å². The van der Waals surface area contributed by atoms with Crippen molar-refractivity contribution in [2.24, 2.45) is 7.05 Å². The number of aryl methyl sites for hydroxylation is 1. The number of nitrogens with zero attached hydrogens (tertiary/aromatic N) is 3. The number of carbonyl (C=O) groups is 2. The van der Waals surface area contributed by atoms with E-state index in [4.69, 9.17) is 0 Å². The zero-order valence-electron chi connectivity index (χ0n) is 17.2. The van der Waals surface area contributed by atoms with Crippen LogP contribution in [0.25, 0.3) is 10.8 Å². The maximum atomic E-state index is 12.7. The van der Waals surface area contributed by atoms with Gasteiger partial charge in [0.05, 0.1) is 5.39 Å². The number of rotatable bonds is 6. The maximum Gasteiger partial charge on any atom is 0.290 e. The minimum absolute atomic E-state index is 0.0246. The molecule has 0 spiro atoms. The number of sulfonamides is 1. The van der Waals surface area contributed by atoms with Crippen molar-refractivity contribution in [3.63, 3.8) is 0 Å². The van der Waals surface area contributed by atoms with E-state index < -0.39 is 27.4 Å². The molecule has 3 aromatic rings. The van der Waals surface area contributed by atoms with Gasteiger partial charge >= 0.3 is 0 Å². The second-order valence-corrected chi connectivity index (χ2v) is 8.55. The molecular formula is C19H22N6O5S. The van der Waals surface area contributed by atoms with Crippen molar-refractivity contribution in [2.75, 3.05) is 13.1 Å². The quantitative estimate of drug-likeness (QED) is 0.466. The summed E-state index contributed by atoms with van der Waals surface area (Å²) in [5.74, 6) is -1.46. The zero-order valence-corrected chi connectivity index (χ0v) is 18.0. The Morgan fingerprint density at radius 1 is 1.10 bits per heavy atom. The number of nitrogens with one attached hydrogen (secondary N) is 3. The van der Waals surface area contributed by atoms with Crippen LogP contribution >= 0.6 is 0 Å². The topological polar surface area (TPSA) is 146 Å². The van der Waals surface area contributed by atoms with Crippen LogP contribution in [0.5, 0.6) is 0 Å². The van der Waals surface area contributed by atoms with Gasteiger partial charge in [0.1, 0.15) is 10.6 Å². The molecule has 0 aliphatic rings. The third kappa shape index (κ3) is 4.20. The number of hydrogen-bond acceptors (Lipinski definition) is 6. The van der Waals surface area contributed by atoms with Gasteiger partial charge in [-0.3, -0.25) is 25.2 Å². The second kappa shape index (κ2) is 8.70. The summed E-state index contributed by atoms with van der Waals surface area (Å²) in [5.41, 5.74) is 3.99. The molecule has 0 aliphatic heterocycles. The van der Waals surface area contributed by atoms with E-state index in [1.54, 1.807) is 38.1 Å². The van der Waals surface area contributed by atoms with Crippen molar-refractivity contribution in [1.82, 2.24) is 29.9 Å².